The number of halogens is 1. The lowest BCUT2D eigenvalue weighted by Gasteiger charge is -2.04. The fourth-order valence-corrected chi connectivity index (χ4v) is 1.54. The Morgan fingerprint density at radius 3 is 3.05 bits per heavy atom. The van der Waals surface area contributed by atoms with E-state index in [9.17, 15) is 4.39 Å². The molecule has 19 heavy (non-hydrogen) atoms. The Morgan fingerprint density at radius 2 is 2.32 bits per heavy atom. The highest BCUT2D eigenvalue weighted by molar-refractivity contribution is 5.49. The van der Waals surface area contributed by atoms with Crippen LogP contribution in [0.2, 0.25) is 0 Å². The molecule has 0 unspecified atom stereocenters. The maximum atomic E-state index is 13.1. The van der Waals surface area contributed by atoms with Crippen molar-refractivity contribution in [3.05, 3.63) is 41.5 Å². The van der Waals surface area contributed by atoms with E-state index in [1.165, 1.54) is 16.8 Å². The summed E-state index contributed by atoms with van der Waals surface area (Å²) in [6.45, 7) is 0.795. The molecule has 1 heterocycles. The third kappa shape index (κ3) is 3.26. The SMILES string of the molecule is N#Cc1cc(NCc2cn(CCO)nn2)ccc1F. The van der Waals surface area contributed by atoms with E-state index in [4.69, 9.17) is 10.4 Å². The smallest absolute Gasteiger partial charge is 0.141 e. The molecule has 0 saturated carbocycles. The lowest BCUT2D eigenvalue weighted by atomic mass is 10.2. The van der Waals surface area contributed by atoms with Crippen LogP contribution in [0.1, 0.15) is 11.3 Å². The molecule has 0 aliphatic carbocycles. The summed E-state index contributed by atoms with van der Waals surface area (Å²) in [7, 11) is 0. The van der Waals surface area contributed by atoms with Crippen LogP contribution in [-0.4, -0.2) is 26.7 Å². The van der Waals surface area contributed by atoms with Crippen LogP contribution in [0.5, 0.6) is 0 Å². The van der Waals surface area contributed by atoms with Crippen LogP contribution in [-0.2, 0) is 13.1 Å². The molecular formula is C12H12FN5O. The molecule has 0 aliphatic heterocycles. The van der Waals surface area contributed by atoms with Crippen molar-refractivity contribution in [3.63, 3.8) is 0 Å². The van der Waals surface area contributed by atoms with Gasteiger partial charge in [-0.2, -0.15) is 5.26 Å². The first kappa shape index (κ1) is 13.0. The molecule has 1 aromatic heterocycles. The summed E-state index contributed by atoms with van der Waals surface area (Å²) < 4.78 is 14.7. The summed E-state index contributed by atoms with van der Waals surface area (Å²) in [5.74, 6) is -0.540. The van der Waals surface area contributed by atoms with Crippen molar-refractivity contribution in [2.45, 2.75) is 13.1 Å². The fraction of sp³-hybridized carbons (Fsp3) is 0.250. The van der Waals surface area contributed by atoms with Crippen LogP contribution in [0, 0.1) is 17.1 Å². The minimum atomic E-state index is -0.540. The second-order valence-electron chi connectivity index (χ2n) is 3.86. The van der Waals surface area contributed by atoms with Gasteiger partial charge >= 0.3 is 0 Å². The molecule has 2 aromatic rings. The minimum absolute atomic E-state index is 0.000278. The van der Waals surface area contributed by atoms with Gasteiger partial charge in [-0.25, -0.2) is 9.07 Å². The largest absolute Gasteiger partial charge is 0.394 e. The normalized spacial score (nSPS) is 10.2. The predicted octanol–water partition coefficient (Wildman–Crippen LogP) is 0.893. The molecule has 0 saturated heterocycles. The Bertz CT molecular complexity index is 604. The molecule has 98 valence electrons. The second kappa shape index (κ2) is 5.93. The van der Waals surface area contributed by atoms with Crippen molar-refractivity contribution >= 4 is 5.69 Å². The van der Waals surface area contributed by atoms with Crippen molar-refractivity contribution in [1.29, 1.82) is 5.26 Å². The number of nitriles is 1. The van der Waals surface area contributed by atoms with Crippen LogP contribution in [0.3, 0.4) is 0 Å². The first-order valence-electron chi connectivity index (χ1n) is 5.66. The number of anilines is 1. The van der Waals surface area contributed by atoms with E-state index in [0.717, 1.165) is 0 Å². The third-order valence-corrected chi connectivity index (χ3v) is 2.48. The van der Waals surface area contributed by atoms with Crippen molar-refractivity contribution in [2.24, 2.45) is 0 Å². The highest BCUT2D eigenvalue weighted by atomic mass is 19.1. The molecule has 0 atom stereocenters. The molecule has 7 heteroatoms. The Hall–Kier alpha value is -2.46. The van der Waals surface area contributed by atoms with Gasteiger partial charge in [-0.3, -0.25) is 0 Å². The van der Waals surface area contributed by atoms with E-state index in [0.29, 0.717) is 24.5 Å². The van der Waals surface area contributed by atoms with Crippen molar-refractivity contribution in [1.82, 2.24) is 15.0 Å². The quantitative estimate of drug-likeness (QED) is 0.834. The van der Waals surface area contributed by atoms with Gasteiger partial charge in [-0.1, -0.05) is 5.21 Å². The van der Waals surface area contributed by atoms with Crippen LogP contribution in [0.4, 0.5) is 10.1 Å². The van der Waals surface area contributed by atoms with E-state index in [2.05, 4.69) is 15.6 Å². The average molecular weight is 261 g/mol. The number of aromatic nitrogens is 3. The van der Waals surface area contributed by atoms with Crippen LogP contribution in [0.25, 0.3) is 0 Å². The lowest BCUT2D eigenvalue weighted by Crippen LogP contribution is -2.02. The Labute approximate surface area is 109 Å². The standard InChI is InChI=1S/C12H12FN5O/c13-12-2-1-10(5-9(12)6-14)15-7-11-8-18(3-4-19)17-16-11/h1-2,5,8,15,19H,3-4,7H2. The monoisotopic (exact) mass is 261 g/mol. The zero-order chi connectivity index (χ0) is 13.7. The number of rotatable bonds is 5. The summed E-state index contributed by atoms with van der Waals surface area (Å²) in [4.78, 5) is 0. The number of nitrogens with one attached hydrogen (secondary N) is 1. The van der Waals surface area contributed by atoms with Gasteiger partial charge in [-0.15, -0.1) is 5.10 Å². The van der Waals surface area contributed by atoms with Gasteiger partial charge in [0.25, 0.3) is 0 Å². The summed E-state index contributed by atoms with van der Waals surface area (Å²) in [6.07, 6.45) is 1.71. The summed E-state index contributed by atoms with van der Waals surface area (Å²) in [5, 5.41) is 28.2. The van der Waals surface area contributed by atoms with E-state index in [-0.39, 0.29) is 12.2 Å². The van der Waals surface area contributed by atoms with Gasteiger partial charge in [0.2, 0.25) is 0 Å². The first-order valence-corrected chi connectivity index (χ1v) is 5.66. The number of benzene rings is 1. The predicted molar refractivity (Wildman–Crippen MR) is 65.5 cm³/mol. The molecule has 2 rings (SSSR count). The van der Waals surface area contributed by atoms with Crippen molar-refractivity contribution in [2.75, 3.05) is 11.9 Å². The number of hydrogen-bond donors (Lipinski definition) is 2. The Kier molecular flexibility index (Phi) is 4.05. The first-order chi connectivity index (χ1) is 9.22. The molecule has 1 aromatic carbocycles. The molecule has 0 bridgehead atoms. The molecule has 6 nitrogen and oxygen atoms in total. The number of hydrogen-bond acceptors (Lipinski definition) is 5. The number of nitrogens with zero attached hydrogens (tertiary/aromatic N) is 4. The van der Waals surface area contributed by atoms with Crippen molar-refractivity contribution in [3.8, 4) is 6.07 Å². The topological polar surface area (TPSA) is 86.8 Å². The molecular weight excluding hydrogens is 249 g/mol. The van der Waals surface area contributed by atoms with E-state index >= 15 is 0 Å². The highest BCUT2D eigenvalue weighted by Crippen LogP contribution is 2.14. The second-order valence-corrected chi connectivity index (χ2v) is 3.86. The van der Waals surface area contributed by atoms with Gasteiger partial charge in [0.1, 0.15) is 17.6 Å². The fourth-order valence-electron chi connectivity index (χ4n) is 1.54. The Balaban J connectivity index is 2.00. The Morgan fingerprint density at radius 1 is 1.47 bits per heavy atom. The molecule has 0 aliphatic rings. The maximum Gasteiger partial charge on any atom is 0.141 e. The third-order valence-electron chi connectivity index (χ3n) is 2.48. The maximum absolute atomic E-state index is 13.1. The van der Waals surface area contributed by atoms with Gasteiger partial charge in [0.05, 0.1) is 31.5 Å². The summed E-state index contributed by atoms with van der Waals surface area (Å²) in [6, 6.07) is 6.01. The number of aliphatic hydroxyl groups excluding tert-OH is 1. The molecule has 0 amide bonds. The van der Waals surface area contributed by atoms with E-state index < -0.39 is 5.82 Å². The molecule has 0 spiro atoms. The number of aliphatic hydroxyl groups is 1. The summed E-state index contributed by atoms with van der Waals surface area (Å²) in [5.41, 5.74) is 1.32. The zero-order valence-corrected chi connectivity index (χ0v) is 10.0. The average Bonchev–Trinajstić information content (AvgIpc) is 2.86. The van der Waals surface area contributed by atoms with Crippen LogP contribution < -0.4 is 5.32 Å². The molecule has 2 N–H and O–H groups in total. The van der Waals surface area contributed by atoms with Gasteiger partial charge in [0, 0.05) is 5.69 Å². The van der Waals surface area contributed by atoms with Crippen LogP contribution >= 0.6 is 0 Å². The van der Waals surface area contributed by atoms with E-state index in [1.54, 1.807) is 18.3 Å². The molecule has 0 fully saturated rings. The lowest BCUT2D eigenvalue weighted by molar-refractivity contribution is 0.268. The highest BCUT2D eigenvalue weighted by Gasteiger charge is 2.04. The zero-order valence-electron chi connectivity index (χ0n) is 10.0. The minimum Gasteiger partial charge on any atom is -0.394 e. The molecule has 0 radical (unpaired) electrons. The van der Waals surface area contributed by atoms with E-state index in [1.807, 2.05) is 0 Å². The van der Waals surface area contributed by atoms with Crippen LogP contribution in [0.15, 0.2) is 24.4 Å². The van der Waals surface area contributed by atoms with Gasteiger partial charge in [-0.05, 0) is 18.2 Å². The van der Waals surface area contributed by atoms with Crippen molar-refractivity contribution < 1.29 is 9.50 Å². The van der Waals surface area contributed by atoms with Gasteiger partial charge < -0.3 is 10.4 Å². The summed E-state index contributed by atoms with van der Waals surface area (Å²) >= 11 is 0. The van der Waals surface area contributed by atoms with Gasteiger partial charge in [0.15, 0.2) is 0 Å².